The molecule has 1 aromatic rings. The molecule has 94 valence electrons. The van der Waals surface area contributed by atoms with Gasteiger partial charge in [0.15, 0.2) is 0 Å². The predicted molar refractivity (Wildman–Crippen MR) is 71.5 cm³/mol. The van der Waals surface area contributed by atoms with Crippen LogP contribution in [0.2, 0.25) is 0 Å². The first-order valence-electron chi connectivity index (χ1n) is 6.26. The molecule has 0 aliphatic heterocycles. The number of aryl methyl sites for hydroxylation is 1. The van der Waals surface area contributed by atoms with Crippen LogP contribution in [-0.4, -0.2) is 7.11 Å². The number of benzene rings is 1. The molecule has 0 radical (unpaired) electrons. The summed E-state index contributed by atoms with van der Waals surface area (Å²) in [5.41, 5.74) is 10.1. The first-order valence-corrected chi connectivity index (χ1v) is 6.26. The molecule has 2 rings (SSSR count). The van der Waals surface area contributed by atoms with Crippen LogP contribution in [0, 0.1) is 6.92 Å². The molecule has 2 heteroatoms. The normalized spacial score (nSPS) is 18.0. The van der Waals surface area contributed by atoms with Crippen molar-refractivity contribution in [1.29, 1.82) is 0 Å². The Morgan fingerprint density at radius 3 is 2.24 bits per heavy atom. The van der Waals surface area contributed by atoms with Crippen LogP contribution in [0.5, 0.6) is 5.75 Å². The number of nitrogens with two attached hydrogens (primary N) is 1. The van der Waals surface area contributed by atoms with Crippen molar-refractivity contribution in [3.63, 3.8) is 0 Å². The van der Waals surface area contributed by atoms with Crippen molar-refractivity contribution in [2.75, 3.05) is 7.11 Å². The number of methoxy groups -OCH3 is 1. The lowest BCUT2D eigenvalue weighted by Crippen LogP contribution is -2.22. The van der Waals surface area contributed by atoms with Gasteiger partial charge in [-0.3, -0.25) is 0 Å². The van der Waals surface area contributed by atoms with Crippen LogP contribution in [0.3, 0.4) is 0 Å². The Kier molecular flexibility index (Phi) is 2.74. The van der Waals surface area contributed by atoms with Gasteiger partial charge in [-0.2, -0.15) is 0 Å². The number of ether oxygens (including phenoxy) is 1. The summed E-state index contributed by atoms with van der Waals surface area (Å²) in [6.07, 6.45) is 2.20. The minimum absolute atomic E-state index is 0.0731. The highest BCUT2D eigenvalue weighted by atomic mass is 16.5. The monoisotopic (exact) mass is 233 g/mol. The van der Waals surface area contributed by atoms with Gasteiger partial charge in [0.2, 0.25) is 0 Å². The highest BCUT2D eigenvalue weighted by Crippen LogP contribution is 2.46. The van der Waals surface area contributed by atoms with Crippen molar-refractivity contribution >= 4 is 0 Å². The summed E-state index contributed by atoms with van der Waals surface area (Å²) in [6.45, 7) is 8.75. The second-order valence-corrected chi connectivity index (χ2v) is 6.27. The zero-order valence-electron chi connectivity index (χ0n) is 11.6. The largest absolute Gasteiger partial charge is 0.496 e. The van der Waals surface area contributed by atoms with Gasteiger partial charge in [-0.15, -0.1) is 0 Å². The van der Waals surface area contributed by atoms with Gasteiger partial charge in [0.25, 0.3) is 0 Å². The smallest absolute Gasteiger partial charge is 0.122 e. The SMILES string of the molecule is COc1cc(C)c(C2(N)CC2)cc1C(C)(C)C. The average molecular weight is 233 g/mol. The lowest BCUT2D eigenvalue weighted by atomic mass is 9.83. The molecule has 1 aromatic carbocycles. The molecular formula is C15H23NO. The Balaban J connectivity index is 2.57. The topological polar surface area (TPSA) is 35.2 Å². The second-order valence-electron chi connectivity index (χ2n) is 6.27. The Morgan fingerprint density at radius 1 is 1.24 bits per heavy atom. The molecule has 0 heterocycles. The molecule has 0 aromatic heterocycles. The predicted octanol–water partition coefficient (Wildman–Crippen LogP) is 3.25. The molecule has 0 saturated heterocycles. The molecule has 0 bridgehead atoms. The maximum absolute atomic E-state index is 6.33. The minimum atomic E-state index is -0.0731. The molecule has 0 amide bonds. The Hall–Kier alpha value is -1.02. The fourth-order valence-electron chi connectivity index (χ4n) is 2.38. The van der Waals surface area contributed by atoms with Gasteiger partial charge in [0.1, 0.15) is 5.75 Å². The summed E-state index contributed by atoms with van der Waals surface area (Å²) in [7, 11) is 1.74. The molecule has 2 N–H and O–H groups in total. The quantitative estimate of drug-likeness (QED) is 0.851. The highest BCUT2D eigenvalue weighted by molar-refractivity contribution is 5.49. The summed E-state index contributed by atoms with van der Waals surface area (Å²) >= 11 is 0. The zero-order chi connectivity index (χ0) is 12.8. The van der Waals surface area contributed by atoms with E-state index in [4.69, 9.17) is 10.5 Å². The van der Waals surface area contributed by atoms with Crippen LogP contribution in [-0.2, 0) is 11.0 Å². The van der Waals surface area contributed by atoms with E-state index < -0.39 is 0 Å². The van der Waals surface area contributed by atoms with Crippen molar-refractivity contribution in [2.45, 2.75) is 51.5 Å². The molecule has 0 unspecified atom stereocenters. The fraction of sp³-hybridized carbons (Fsp3) is 0.600. The van der Waals surface area contributed by atoms with E-state index in [-0.39, 0.29) is 11.0 Å². The van der Waals surface area contributed by atoms with Crippen LogP contribution < -0.4 is 10.5 Å². The molecule has 0 spiro atoms. The van der Waals surface area contributed by atoms with Gasteiger partial charge in [0, 0.05) is 5.54 Å². The maximum atomic E-state index is 6.33. The summed E-state index contributed by atoms with van der Waals surface area (Å²) in [5, 5.41) is 0. The Bertz CT molecular complexity index is 439. The fourth-order valence-corrected chi connectivity index (χ4v) is 2.38. The summed E-state index contributed by atoms with van der Waals surface area (Å²) in [5.74, 6) is 0.975. The van der Waals surface area contributed by atoms with E-state index in [0.29, 0.717) is 0 Å². The van der Waals surface area contributed by atoms with E-state index in [1.165, 1.54) is 16.7 Å². The van der Waals surface area contributed by atoms with Crippen molar-refractivity contribution in [1.82, 2.24) is 0 Å². The summed E-state index contributed by atoms with van der Waals surface area (Å²) in [4.78, 5) is 0. The van der Waals surface area contributed by atoms with Gasteiger partial charge >= 0.3 is 0 Å². The van der Waals surface area contributed by atoms with Gasteiger partial charge < -0.3 is 10.5 Å². The van der Waals surface area contributed by atoms with E-state index in [2.05, 4.69) is 39.8 Å². The van der Waals surface area contributed by atoms with Crippen molar-refractivity contribution in [3.05, 3.63) is 28.8 Å². The number of hydrogen-bond donors (Lipinski definition) is 1. The van der Waals surface area contributed by atoms with E-state index >= 15 is 0 Å². The summed E-state index contributed by atoms with van der Waals surface area (Å²) in [6, 6.07) is 4.38. The van der Waals surface area contributed by atoms with Gasteiger partial charge in [0.05, 0.1) is 7.11 Å². The third-order valence-electron chi connectivity index (χ3n) is 3.68. The number of rotatable bonds is 2. The molecule has 17 heavy (non-hydrogen) atoms. The minimum Gasteiger partial charge on any atom is -0.496 e. The second kappa shape index (κ2) is 3.74. The van der Waals surface area contributed by atoms with Crippen LogP contribution in [0.15, 0.2) is 12.1 Å². The van der Waals surface area contributed by atoms with Crippen molar-refractivity contribution < 1.29 is 4.74 Å². The lowest BCUT2D eigenvalue weighted by molar-refractivity contribution is 0.396. The molecular weight excluding hydrogens is 210 g/mol. The molecule has 2 nitrogen and oxygen atoms in total. The zero-order valence-corrected chi connectivity index (χ0v) is 11.6. The third-order valence-corrected chi connectivity index (χ3v) is 3.68. The van der Waals surface area contributed by atoms with E-state index in [1.54, 1.807) is 7.11 Å². The Morgan fingerprint density at radius 2 is 1.82 bits per heavy atom. The Labute approximate surface area is 104 Å². The molecule has 1 aliphatic rings. The highest BCUT2D eigenvalue weighted by Gasteiger charge is 2.41. The number of hydrogen-bond acceptors (Lipinski definition) is 2. The van der Waals surface area contributed by atoms with Crippen molar-refractivity contribution in [2.24, 2.45) is 5.73 Å². The van der Waals surface area contributed by atoms with E-state index in [1.807, 2.05) is 0 Å². The van der Waals surface area contributed by atoms with E-state index in [9.17, 15) is 0 Å². The first-order chi connectivity index (χ1) is 7.78. The lowest BCUT2D eigenvalue weighted by Gasteiger charge is -2.25. The van der Waals surface area contributed by atoms with Gasteiger partial charge in [-0.05, 0) is 54.0 Å². The van der Waals surface area contributed by atoms with E-state index in [0.717, 1.165) is 18.6 Å². The standard InChI is InChI=1S/C15H23NO/c1-10-8-13(17-5)12(14(2,3)4)9-11(10)15(16)6-7-15/h8-9H,6-7,16H2,1-5H3. The molecule has 0 atom stereocenters. The molecule has 1 aliphatic carbocycles. The summed E-state index contributed by atoms with van der Waals surface area (Å²) < 4.78 is 5.50. The van der Waals surface area contributed by atoms with Crippen LogP contribution in [0.1, 0.15) is 50.3 Å². The van der Waals surface area contributed by atoms with Crippen LogP contribution >= 0.6 is 0 Å². The molecule has 1 fully saturated rings. The molecule has 1 saturated carbocycles. The maximum Gasteiger partial charge on any atom is 0.122 e. The third kappa shape index (κ3) is 2.19. The van der Waals surface area contributed by atoms with Crippen LogP contribution in [0.4, 0.5) is 0 Å². The van der Waals surface area contributed by atoms with Crippen molar-refractivity contribution in [3.8, 4) is 5.75 Å². The van der Waals surface area contributed by atoms with Gasteiger partial charge in [-0.1, -0.05) is 20.8 Å². The first kappa shape index (κ1) is 12.4. The van der Waals surface area contributed by atoms with Crippen LogP contribution in [0.25, 0.3) is 0 Å². The van der Waals surface area contributed by atoms with Gasteiger partial charge in [-0.25, -0.2) is 0 Å². The average Bonchev–Trinajstić information content (AvgIpc) is 2.95.